The molecule has 1 aromatic heterocycles. The summed E-state index contributed by atoms with van der Waals surface area (Å²) in [4.78, 5) is 2.44. The molecular formula is C18H24N2O. The number of fused-ring (bicyclic) bond motifs is 1. The van der Waals surface area contributed by atoms with Gasteiger partial charge in [0.2, 0.25) is 0 Å². The van der Waals surface area contributed by atoms with Crippen LogP contribution in [-0.4, -0.2) is 13.1 Å². The van der Waals surface area contributed by atoms with Crippen LogP contribution in [0.25, 0.3) is 0 Å². The van der Waals surface area contributed by atoms with Crippen molar-refractivity contribution in [2.75, 3.05) is 18.0 Å². The molecule has 1 atom stereocenters. The highest BCUT2D eigenvalue weighted by molar-refractivity contribution is 5.55. The first-order valence-electron chi connectivity index (χ1n) is 7.86. The number of furan rings is 1. The minimum absolute atomic E-state index is 0.691. The summed E-state index contributed by atoms with van der Waals surface area (Å²) in [6.45, 7) is 8.26. The molecule has 0 amide bonds. The fourth-order valence-electron chi connectivity index (χ4n) is 3.12. The van der Waals surface area contributed by atoms with E-state index < -0.39 is 0 Å². The molecule has 2 aromatic rings. The number of benzene rings is 1. The Kier molecular flexibility index (Phi) is 4.30. The molecule has 1 aliphatic heterocycles. The Labute approximate surface area is 127 Å². The number of rotatable bonds is 5. The summed E-state index contributed by atoms with van der Waals surface area (Å²) in [5.41, 5.74) is 4.04. The van der Waals surface area contributed by atoms with Crippen molar-refractivity contribution in [1.82, 2.24) is 5.32 Å². The van der Waals surface area contributed by atoms with E-state index in [9.17, 15) is 0 Å². The van der Waals surface area contributed by atoms with E-state index in [4.69, 9.17) is 4.42 Å². The topological polar surface area (TPSA) is 28.4 Å². The summed E-state index contributed by atoms with van der Waals surface area (Å²) < 4.78 is 5.73. The van der Waals surface area contributed by atoms with E-state index in [-0.39, 0.29) is 0 Å². The van der Waals surface area contributed by atoms with Crippen molar-refractivity contribution in [2.45, 2.75) is 33.4 Å². The molecule has 3 rings (SSSR count). The van der Waals surface area contributed by atoms with Crippen LogP contribution < -0.4 is 10.2 Å². The fourth-order valence-corrected chi connectivity index (χ4v) is 3.12. The van der Waals surface area contributed by atoms with Gasteiger partial charge in [-0.05, 0) is 36.6 Å². The highest BCUT2D eigenvalue weighted by Gasteiger charge is 2.22. The first-order valence-corrected chi connectivity index (χ1v) is 7.86. The second-order valence-corrected chi connectivity index (χ2v) is 6.02. The zero-order chi connectivity index (χ0) is 14.7. The van der Waals surface area contributed by atoms with Gasteiger partial charge < -0.3 is 14.6 Å². The lowest BCUT2D eigenvalue weighted by atomic mass is 9.94. The third-order valence-electron chi connectivity index (χ3n) is 4.07. The summed E-state index contributed by atoms with van der Waals surface area (Å²) >= 11 is 0. The van der Waals surface area contributed by atoms with Crippen molar-refractivity contribution in [3.05, 3.63) is 53.5 Å². The average Bonchev–Trinajstić information content (AvgIpc) is 2.92. The molecule has 0 spiro atoms. The van der Waals surface area contributed by atoms with Gasteiger partial charge in [0.25, 0.3) is 0 Å². The Balaban J connectivity index is 1.74. The normalized spacial score (nSPS) is 17.8. The molecule has 1 unspecified atom stereocenters. The lowest BCUT2D eigenvalue weighted by molar-refractivity contribution is 0.472. The largest absolute Gasteiger partial charge is 0.467 e. The molecule has 112 valence electrons. The number of hydrogen-bond donors (Lipinski definition) is 1. The molecule has 0 bridgehead atoms. The summed E-state index contributed by atoms with van der Waals surface area (Å²) in [5.74, 6) is 1.74. The standard InChI is InChI=1S/C18H24N2O/c1-3-19-10-15-9-17(21-13-15)12-20-11-14(2)8-16-6-4-5-7-18(16)20/h4-7,9,13-14,19H,3,8,10-12H2,1-2H3. The summed E-state index contributed by atoms with van der Waals surface area (Å²) in [5, 5.41) is 3.33. The van der Waals surface area contributed by atoms with Crippen LogP contribution >= 0.6 is 0 Å². The second kappa shape index (κ2) is 6.35. The van der Waals surface area contributed by atoms with E-state index in [1.807, 2.05) is 6.26 Å². The van der Waals surface area contributed by atoms with Crippen molar-refractivity contribution in [2.24, 2.45) is 5.92 Å². The van der Waals surface area contributed by atoms with Crippen LogP contribution in [0, 0.1) is 5.92 Å². The van der Waals surface area contributed by atoms with E-state index in [2.05, 4.69) is 54.4 Å². The van der Waals surface area contributed by atoms with Crippen LogP contribution in [-0.2, 0) is 19.5 Å². The molecule has 1 N–H and O–H groups in total. The smallest absolute Gasteiger partial charge is 0.123 e. The zero-order valence-electron chi connectivity index (χ0n) is 12.9. The van der Waals surface area contributed by atoms with Gasteiger partial charge >= 0.3 is 0 Å². The third kappa shape index (κ3) is 3.30. The quantitative estimate of drug-likeness (QED) is 0.909. The number of nitrogens with zero attached hydrogens (tertiary/aromatic N) is 1. The average molecular weight is 284 g/mol. The van der Waals surface area contributed by atoms with Crippen molar-refractivity contribution in [1.29, 1.82) is 0 Å². The number of para-hydroxylation sites is 1. The number of anilines is 1. The number of hydrogen-bond acceptors (Lipinski definition) is 3. The lowest BCUT2D eigenvalue weighted by Crippen LogP contribution is -2.33. The molecule has 3 nitrogen and oxygen atoms in total. The summed E-state index contributed by atoms with van der Waals surface area (Å²) in [6, 6.07) is 10.9. The first-order chi connectivity index (χ1) is 10.3. The number of nitrogens with one attached hydrogen (secondary N) is 1. The van der Waals surface area contributed by atoms with E-state index in [0.29, 0.717) is 5.92 Å². The minimum Gasteiger partial charge on any atom is -0.467 e. The van der Waals surface area contributed by atoms with Crippen molar-refractivity contribution in [3.8, 4) is 0 Å². The molecule has 0 aliphatic carbocycles. The van der Waals surface area contributed by atoms with E-state index in [1.54, 1.807) is 0 Å². The molecule has 0 saturated carbocycles. The maximum Gasteiger partial charge on any atom is 0.123 e. The Morgan fingerprint density at radius 2 is 2.19 bits per heavy atom. The van der Waals surface area contributed by atoms with Crippen LogP contribution in [0.15, 0.2) is 41.0 Å². The maximum absolute atomic E-state index is 5.73. The molecule has 2 heterocycles. The Hall–Kier alpha value is -1.74. The molecule has 0 fully saturated rings. The van der Waals surface area contributed by atoms with Gasteiger partial charge in [0.05, 0.1) is 12.8 Å². The van der Waals surface area contributed by atoms with Crippen LogP contribution in [0.2, 0.25) is 0 Å². The van der Waals surface area contributed by atoms with Gasteiger partial charge in [-0.1, -0.05) is 32.0 Å². The monoisotopic (exact) mass is 284 g/mol. The van der Waals surface area contributed by atoms with Crippen LogP contribution in [0.1, 0.15) is 30.7 Å². The van der Waals surface area contributed by atoms with Crippen molar-refractivity contribution < 1.29 is 4.42 Å². The van der Waals surface area contributed by atoms with Crippen LogP contribution in [0.5, 0.6) is 0 Å². The van der Waals surface area contributed by atoms with Gasteiger partial charge in [-0.3, -0.25) is 0 Å². The van der Waals surface area contributed by atoms with Gasteiger partial charge in [-0.25, -0.2) is 0 Å². The second-order valence-electron chi connectivity index (χ2n) is 6.02. The van der Waals surface area contributed by atoms with E-state index >= 15 is 0 Å². The predicted octanol–water partition coefficient (Wildman–Crippen LogP) is 3.59. The van der Waals surface area contributed by atoms with Gasteiger partial charge in [-0.2, -0.15) is 0 Å². The zero-order valence-corrected chi connectivity index (χ0v) is 12.9. The molecule has 3 heteroatoms. The maximum atomic E-state index is 5.73. The summed E-state index contributed by atoms with van der Waals surface area (Å²) in [6.07, 6.45) is 3.05. The molecule has 21 heavy (non-hydrogen) atoms. The van der Waals surface area contributed by atoms with Gasteiger partial charge in [0, 0.05) is 24.3 Å². The predicted molar refractivity (Wildman–Crippen MR) is 86.4 cm³/mol. The molecular weight excluding hydrogens is 260 g/mol. The van der Waals surface area contributed by atoms with Crippen molar-refractivity contribution in [3.63, 3.8) is 0 Å². The molecule has 1 aromatic carbocycles. The third-order valence-corrected chi connectivity index (χ3v) is 4.07. The Morgan fingerprint density at radius 1 is 1.33 bits per heavy atom. The summed E-state index contributed by atoms with van der Waals surface area (Å²) in [7, 11) is 0. The molecule has 0 saturated heterocycles. The lowest BCUT2D eigenvalue weighted by Gasteiger charge is -2.34. The Bertz CT molecular complexity index is 590. The van der Waals surface area contributed by atoms with Crippen molar-refractivity contribution >= 4 is 5.69 Å². The first kappa shape index (κ1) is 14.2. The van der Waals surface area contributed by atoms with Crippen LogP contribution in [0.3, 0.4) is 0 Å². The van der Waals surface area contributed by atoms with Gasteiger partial charge in [0.1, 0.15) is 5.76 Å². The highest BCUT2D eigenvalue weighted by atomic mass is 16.3. The van der Waals surface area contributed by atoms with Crippen LogP contribution in [0.4, 0.5) is 5.69 Å². The van der Waals surface area contributed by atoms with Gasteiger partial charge in [0.15, 0.2) is 0 Å². The Morgan fingerprint density at radius 3 is 3.05 bits per heavy atom. The fraction of sp³-hybridized carbons (Fsp3) is 0.444. The van der Waals surface area contributed by atoms with E-state index in [1.165, 1.54) is 23.2 Å². The minimum atomic E-state index is 0.691. The highest BCUT2D eigenvalue weighted by Crippen LogP contribution is 2.30. The van der Waals surface area contributed by atoms with Gasteiger partial charge in [-0.15, -0.1) is 0 Å². The molecule has 0 radical (unpaired) electrons. The van der Waals surface area contributed by atoms with E-state index in [0.717, 1.165) is 31.9 Å². The SMILES string of the molecule is CCNCc1coc(CN2CC(C)Cc3ccccc32)c1. The molecule has 1 aliphatic rings.